The number of rotatable bonds is 6. The van der Waals surface area contributed by atoms with Crippen LogP contribution < -0.4 is 9.80 Å². The lowest BCUT2D eigenvalue weighted by Crippen LogP contribution is -2.09. The van der Waals surface area contributed by atoms with Gasteiger partial charge in [0.25, 0.3) is 0 Å². The van der Waals surface area contributed by atoms with Crippen LogP contribution in [0.1, 0.15) is 46.6 Å². The zero-order valence-corrected chi connectivity index (χ0v) is 28.8. The van der Waals surface area contributed by atoms with E-state index < -0.39 is 305 Å². The van der Waals surface area contributed by atoms with Crippen molar-refractivity contribution in [1.82, 2.24) is 8.80 Å². The number of hydrogen-bond donors (Lipinski definition) is 0. The number of fused-ring (bicyclic) bond motifs is 12. The number of hydrogen-bond acceptors (Lipinski definition) is 2. The molecule has 0 aliphatic carbocycles. The Labute approximate surface area is 381 Å². The van der Waals surface area contributed by atoms with Gasteiger partial charge < -0.3 is 18.6 Å². The topological polar surface area (TPSA) is 15.3 Å². The van der Waals surface area contributed by atoms with Gasteiger partial charge in [-0.1, -0.05) is 121 Å². The lowest BCUT2D eigenvalue weighted by Gasteiger charge is -2.25. The molecule has 13 rings (SSSR count). The standard InChI is InChI=1S/C54H34N4/c1-5-15-35(16-6-1)55(36-17-7-2-8-18-36)39-27-29-41-43-23-13-25-45-47-34-52-48(33-51(47)57(53(43)45)49(41)31-39)46-26-14-24-44-42-30-28-40(32-50(42)58(52)54(44)46)56(37-19-9-3-10-20-37)38-21-11-4-12-22-38/h1-34H/i1D,2D,3D,4D,5D,6D,7D,8D,9D,10D,11D,12D,13D,14D,15D,16D,17D,18D,19D,20D,21D,22D,23D,24D,25D,26D,27D,28D,29D,30D,31D,32D,33D,34D. The smallest absolute Gasteiger partial charge is 0.0667 e. The van der Waals surface area contributed by atoms with Crippen LogP contribution in [0.3, 0.4) is 0 Å². The summed E-state index contributed by atoms with van der Waals surface area (Å²) in [5.74, 6) is 0. The van der Waals surface area contributed by atoms with Crippen molar-refractivity contribution in [3.05, 3.63) is 205 Å². The van der Waals surface area contributed by atoms with Crippen LogP contribution in [0.4, 0.5) is 34.1 Å². The van der Waals surface area contributed by atoms with Crippen LogP contribution in [0.15, 0.2) is 205 Å². The minimum absolute atomic E-state index is 0.373. The number of aromatic nitrogens is 2. The fraction of sp³-hybridized carbons (Fsp3) is 0. The minimum atomic E-state index is -1.09. The molecule has 0 bridgehead atoms. The van der Waals surface area contributed by atoms with Crippen LogP contribution >= 0.6 is 0 Å². The molecular formula is C54H34N4. The summed E-state index contributed by atoms with van der Waals surface area (Å²) >= 11 is 0. The van der Waals surface area contributed by atoms with Gasteiger partial charge in [0.2, 0.25) is 0 Å². The molecule has 9 aromatic carbocycles. The molecule has 13 aromatic rings. The fourth-order valence-electron chi connectivity index (χ4n) is 7.60. The summed E-state index contributed by atoms with van der Waals surface area (Å²) in [6.07, 6.45) is 0. The van der Waals surface area contributed by atoms with Gasteiger partial charge in [-0.2, -0.15) is 0 Å². The second-order valence-electron chi connectivity index (χ2n) is 12.8. The van der Waals surface area contributed by atoms with Crippen LogP contribution in [-0.2, 0) is 0 Å². The second-order valence-corrected chi connectivity index (χ2v) is 12.8. The highest BCUT2D eigenvalue weighted by Gasteiger charge is 2.24. The van der Waals surface area contributed by atoms with Gasteiger partial charge in [-0.25, -0.2) is 0 Å². The molecule has 4 heteroatoms. The summed E-state index contributed by atoms with van der Waals surface area (Å²) in [6.45, 7) is 0. The van der Waals surface area contributed by atoms with Gasteiger partial charge >= 0.3 is 0 Å². The third kappa shape index (κ3) is 4.29. The summed E-state index contributed by atoms with van der Waals surface area (Å²) in [5.41, 5.74) is -8.97. The molecule has 0 fully saturated rings. The van der Waals surface area contributed by atoms with Crippen molar-refractivity contribution < 1.29 is 46.6 Å². The molecule has 4 nitrogen and oxygen atoms in total. The van der Waals surface area contributed by atoms with E-state index in [-0.39, 0.29) is 11.0 Å². The highest BCUT2D eigenvalue weighted by atomic mass is 15.1. The Morgan fingerprint density at radius 1 is 0.259 bits per heavy atom. The van der Waals surface area contributed by atoms with E-state index in [0.29, 0.717) is 9.80 Å². The van der Waals surface area contributed by atoms with Gasteiger partial charge in [0.1, 0.15) is 0 Å². The van der Waals surface area contributed by atoms with Gasteiger partial charge in [-0.15, -0.1) is 0 Å². The second kappa shape index (κ2) is 11.8. The monoisotopic (exact) mass is 772 g/mol. The van der Waals surface area contributed by atoms with E-state index in [1.165, 1.54) is 0 Å². The predicted octanol–water partition coefficient (Wildman–Crippen LogP) is 14.9. The lowest BCUT2D eigenvalue weighted by molar-refractivity contribution is 1.28. The molecule has 4 aromatic heterocycles. The molecular weight excluding hydrogens is 705 g/mol. The van der Waals surface area contributed by atoms with Crippen molar-refractivity contribution in [2.45, 2.75) is 0 Å². The highest BCUT2D eigenvalue weighted by Crippen LogP contribution is 2.47. The summed E-state index contributed by atoms with van der Waals surface area (Å²) in [7, 11) is 0. The van der Waals surface area contributed by atoms with Gasteiger partial charge in [0, 0.05) is 77.2 Å². The van der Waals surface area contributed by atoms with Crippen molar-refractivity contribution in [1.29, 1.82) is 0 Å². The molecule has 0 spiro atoms. The van der Waals surface area contributed by atoms with Gasteiger partial charge in [0.15, 0.2) is 0 Å². The molecule has 58 heavy (non-hydrogen) atoms. The van der Waals surface area contributed by atoms with Crippen molar-refractivity contribution >= 4 is 110 Å². The molecule has 270 valence electrons. The van der Waals surface area contributed by atoms with Crippen molar-refractivity contribution in [3.8, 4) is 0 Å². The Balaban J connectivity index is 1.28. The van der Waals surface area contributed by atoms with E-state index in [0.717, 1.165) is 8.80 Å². The number of para-hydroxylation sites is 6. The quantitative estimate of drug-likeness (QED) is 0.167. The van der Waals surface area contributed by atoms with Crippen molar-refractivity contribution in [2.24, 2.45) is 0 Å². The maximum atomic E-state index is 10.4. The highest BCUT2D eigenvalue weighted by molar-refractivity contribution is 6.29. The Morgan fingerprint density at radius 2 is 0.569 bits per heavy atom. The van der Waals surface area contributed by atoms with Crippen molar-refractivity contribution in [2.75, 3.05) is 9.80 Å². The molecule has 0 N–H and O–H groups in total. The Hall–Kier alpha value is -7.82. The normalized spacial score (nSPS) is 20.3. The van der Waals surface area contributed by atoms with E-state index in [1.54, 1.807) is 0 Å². The summed E-state index contributed by atoms with van der Waals surface area (Å²) in [5, 5.41) is -3.85. The first-order valence-electron chi connectivity index (χ1n) is 34.2. The zero-order chi connectivity index (χ0) is 67.5. The Bertz CT molecular complexity index is 5110. The van der Waals surface area contributed by atoms with E-state index in [4.69, 9.17) is 27.4 Å². The van der Waals surface area contributed by atoms with E-state index in [2.05, 4.69) is 0 Å². The molecule has 0 unspecified atom stereocenters. The lowest BCUT2D eigenvalue weighted by atomic mass is 10.0. The predicted molar refractivity (Wildman–Crippen MR) is 245 cm³/mol. The van der Waals surface area contributed by atoms with Gasteiger partial charge in [0.05, 0.1) is 79.7 Å². The van der Waals surface area contributed by atoms with E-state index in [9.17, 15) is 19.2 Å². The number of nitrogens with zero attached hydrogens (tertiary/aromatic N) is 4. The molecule has 0 atom stereocenters. The first-order valence-corrected chi connectivity index (χ1v) is 17.2. The zero-order valence-electron chi connectivity index (χ0n) is 62.8. The van der Waals surface area contributed by atoms with Crippen LogP contribution in [0.5, 0.6) is 0 Å². The molecule has 0 saturated carbocycles. The summed E-state index contributed by atoms with van der Waals surface area (Å²) < 4.78 is 313. The van der Waals surface area contributed by atoms with Crippen LogP contribution in [0.2, 0.25) is 0 Å². The van der Waals surface area contributed by atoms with Crippen LogP contribution in [-0.4, -0.2) is 8.80 Å². The fourth-order valence-corrected chi connectivity index (χ4v) is 7.60. The average Bonchev–Trinajstić information content (AvgIpc) is 1.45. The largest absolute Gasteiger partial charge is 0.310 e. The maximum Gasteiger partial charge on any atom is 0.0667 e. The molecule has 4 heterocycles. The third-order valence-electron chi connectivity index (χ3n) is 9.85. The summed E-state index contributed by atoms with van der Waals surface area (Å²) in [4.78, 5) is 0.924. The van der Waals surface area contributed by atoms with Crippen LogP contribution in [0, 0.1) is 0 Å². The Kier molecular flexibility index (Phi) is 2.68. The van der Waals surface area contributed by atoms with E-state index >= 15 is 0 Å². The first-order chi connectivity index (χ1) is 43.0. The molecule has 0 radical (unpaired) electrons. The SMILES string of the molecule is [2H]c1c([2H])c([2H])c(N(c2c([2H])c([2H])c([2H])c([2H])c2[2H])c2c([2H])c([2H])c3c4c([2H])c([2H])c([2H])c5c6c([2H])c7c(c([2H])c6n(c3c2[2H])c45)c2c([2H])c([2H])c([2H])c3c4c([2H])c([2H])c(N(c5c([2H])c([2H])c([2H])c([2H])c5[2H])c5c([2H])c([2H])c([2H])c([2H])c5[2H])c([2H])c4n7c32)c([2H])c1[2H]. The molecule has 0 amide bonds. The van der Waals surface area contributed by atoms with E-state index in [1.807, 2.05) is 0 Å². The Morgan fingerprint density at radius 3 is 0.914 bits per heavy atom. The third-order valence-corrected chi connectivity index (χ3v) is 9.85. The average molecular weight is 773 g/mol. The first kappa shape index (κ1) is 13.1. The van der Waals surface area contributed by atoms with Gasteiger partial charge in [-0.3, -0.25) is 0 Å². The molecule has 0 aliphatic rings. The number of benzene rings is 9. The number of anilines is 6. The minimum Gasteiger partial charge on any atom is -0.310 e. The van der Waals surface area contributed by atoms with Crippen LogP contribution in [0.25, 0.3) is 76.2 Å². The molecule has 0 aliphatic heterocycles. The van der Waals surface area contributed by atoms with Gasteiger partial charge in [-0.05, 0) is 84.6 Å². The maximum absolute atomic E-state index is 10.4. The summed E-state index contributed by atoms with van der Waals surface area (Å²) in [6, 6.07) is -33.6. The van der Waals surface area contributed by atoms with Crippen molar-refractivity contribution in [3.63, 3.8) is 0 Å². The molecule has 0 saturated heterocycles.